The number of hydrogen-bond acceptors (Lipinski definition) is 8. The lowest BCUT2D eigenvalue weighted by molar-refractivity contribution is -0.113. The van der Waals surface area contributed by atoms with E-state index in [0.717, 1.165) is 28.7 Å². The highest BCUT2D eigenvalue weighted by Gasteiger charge is 2.21. The van der Waals surface area contributed by atoms with E-state index in [1.165, 1.54) is 6.07 Å². The number of benzene rings is 1. The van der Waals surface area contributed by atoms with E-state index >= 15 is 0 Å². The molecule has 0 spiro atoms. The van der Waals surface area contributed by atoms with Crippen LogP contribution in [0.3, 0.4) is 0 Å². The third-order valence-corrected chi connectivity index (χ3v) is 6.32. The van der Waals surface area contributed by atoms with Gasteiger partial charge in [-0.25, -0.2) is 9.78 Å². The van der Waals surface area contributed by atoms with E-state index in [9.17, 15) is 19.5 Å². The molecule has 31 heavy (non-hydrogen) atoms. The van der Waals surface area contributed by atoms with Crippen molar-refractivity contribution < 1.29 is 19.4 Å². The van der Waals surface area contributed by atoms with Gasteiger partial charge in [-0.3, -0.25) is 9.59 Å². The SMILES string of the molecule is Cc1ccc(O)c(NC(=O)CSc2nc3sc(C(=O)OCC(C)C)c(C)c3c(=O)[nH]2)c1. The summed E-state index contributed by atoms with van der Waals surface area (Å²) in [5, 5.41) is 13.1. The van der Waals surface area contributed by atoms with E-state index < -0.39 is 5.97 Å². The lowest BCUT2D eigenvalue weighted by Crippen LogP contribution is -2.15. The van der Waals surface area contributed by atoms with Crippen LogP contribution in [0.5, 0.6) is 5.75 Å². The molecular formula is C21H23N3O5S2. The first kappa shape index (κ1) is 22.8. The second-order valence-electron chi connectivity index (χ2n) is 7.46. The van der Waals surface area contributed by atoms with E-state index in [1.54, 1.807) is 19.1 Å². The number of amides is 1. The largest absolute Gasteiger partial charge is 0.506 e. The van der Waals surface area contributed by atoms with Gasteiger partial charge in [0.1, 0.15) is 15.5 Å². The van der Waals surface area contributed by atoms with Crippen LogP contribution >= 0.6 is 23.1 Å². The zero-order chi connectivity index (χ0) is 22.7. The number of esters is 1. The van der Waals surface area contributed by atoms with Gasteiger partial charge in [0.05, 0.1) is 23.4 Å². The third kappa shape index (κ3) is 5.45. The van der Waals surface area contributed by atoms with E-state index in [1.807, 2.05) is 20.8 Å². The number of phenolic OH excluding ortho intramolecular Hbond substituents is 1. The highest BCUT2D eigenvalue weighted by Crippen LogP contribution is 2.29. The van der Waals surface area contributed by atoms with Crippen molar-refractivity contribution in [3.63, 3.8) is 0 Å². The van der Waals surface area contributed by atoms with Crippen LogP contribution in [0.2, 0.25) is 0 Å². The minimum atomic E-state index is -0.472. The van der Waals surface area contributed by atoms with Crippen LogP contribution in [0.15, 0.2) is 28.2 Å². The Morgan fingerprint density at radius 2 is 2.06 bits per heavy atom. The molecule has 8 nitrogen and oxygen atoms in total. The number of phenols is 1. The summed E-state index contributed by atoms with van der Waals surface area (Å²) in [4.78, 5) is 45.0. The summed E-state index contributed by atoms with van der Waals surface area (Å²) in [6, 6.07) is 4.91. The minimum Gasteiger partial charge on any atom is -0.506 e. The van der Waals surface area contributed by atoms with Crippen LogP contribution in [-0.2, 0) is 9.53 Å². The van der Waals surface area contributed by atoms with Crippen molar-refractivity contribution in [2.24, 2.45) is 5.92 Å². The number of ether oxygens (including phenoxy) is 1. The number of aromatic nitrogens is 2. The molecule has 0 aliphatic heterocycles. The fourth-order valence-electron chi connectivity index (χ4n) is 2.77. The molecule has 0 aliphatic carbocycles. The summed E-state index contributed by atoms with van der Waals surface area (Å²) in [5.74, 6) is -0.664. The van der Waals surface area contributed by atoms with Gasteiger partial charge in [0.2, 0.25) is 5.91 Å². The van der Waals surface area contributed by atoms with Crippen LogP contribution in [0.1, 0.15) is 34.6 Å². The Morgan fingerprint density at radius 1 is 1.32 bits per heavy atom. The predicted molar refractivity (Wildman–Crippen MR) is 122 cm³/mol. The molecule has 0 saturated carbocycles. The quantitative estimate of drug-likeness (QED) is 0.211. The van der Waals surface area contributed by atoms with Crippen LogP contribution in [0.4, 0.5) is 5.69 Å². The molecule has 0 bridgehead atoms. The number of aromatic amines is 1. The van der Waals surface area contributed by atoms with Crippen molar-refractivity contribution in [2.75, 3.05) is 17.7 Å². The van der Waals surface area contributed by atoms with Crippen LogP contribution in [0, 0.1) is 19.8 Å². The van der Waals surface area contributed by atoms with Crippen molar-refractivity contribution in [1.82, 2.24) is 9.97 Å². The smallest absolute Gasteiger partial charge is 0.348 e. The number of thioether (sulfide) groups is 1. The van der Waals surface area contributed by atoms with Gasteiger partial charge in [0.25, 0.3) is 5.56 Å². The topological polar surface area (TPSA) is 121 Å². The lowest BCUT2D eigenvalue weighted by atomic mass is 10.2. The summed E-state index contributed by atoms with van der Waals surface area (Å²) in [6.45, 7) is 7.72. The van der Waals surface area contributed by atoms with Gasteiger partial charge >= 0.3 is 5.97 Å². The number of rotatable bonds is 7. The summed E-state index contributed by atoms with van der Waals surface area (Å²) in [5.41, 5.74) is 1.38. The Kier molecular flexibility index (Phi) is 7.01. The predicted octanol–water partition coefficient (Wildman–Crippen LogP) is 3.85. The summed E-state index contributed by atoms with van der Waals surface area (Å²) >= 11 is 2.15. The third-order valence-electron chi connectivity index (χ3n) is 4.28. The number of nitrogens with zero attached hydrogens (tertiary/aromatic N) is 1. The van der Waals surface area contributed by atoms with E-state index in [2.05, 4.69) is 15.3 Å². The first-order chi connectivity index (χ1) is 14.7. The van der Waals surface area contributed by atoms with E-state index in [-0.39, 0.29) is 34.0 Å². The molecule has 0 saturated heterocycles. The van der Waals surface area contributed by atoms with Gasteiger partial charge in [-0.15, -0.1) is 11.3 Å². The first-order valence-corrected chi connectivity index (χ1v) is 11.4. The molecule has 3 aromatic rings. The Morgan fingerprint density at radius 3 is 2.77 bits per heavy atom. The van der Waals surface area contributed by atoms with Crippen LogP contribution in [0.25, 0.3) is 10.2 Å². The molecule has 1 aromatic carbocycles. The Labute approximate surface area is 187 Å². The molecule has 0 aliphatic rings. The van der Waals surface area contributed by atoms with E-state index in [0.29, 0.717) is 33.0 Å². The molecule has 0 unspecified atom stereocenters. The van der Waals surface area contributed by atoms with Crippen molar-refractivity contribution in [1.29, 1.82) is 0 Å². The fourth-order valence-corrected chi connectivity index (χ4v) is 4.56. The summed E-state index contributed by atoms with van der Waals surface area (Å²) in [7, 11) is 0. The minimum absolute atomic E-state index is 0.0184. The highest BCUT2D eigenvalue weighted by atomic mass is 32.2. The number of H-pyrrole nitrogens is 1. The van der Waals surface area contributed by atoms with Gasteiger partial charge in [-0.1, -0.05) is 31.7 Å². The normalized spacial score (nSPS) is 11.1. The number of hydrogen-bond donors (Lipinski definition) is 3. The summed E-state index contributed by atoms with van der Waals surface area (Å²) < 4.78 is 5.28. The number of nitrogens with one attached hydrogen (secondary N) is 2. The van der Waals surface area contributed by atoms with Gasteiger partial charge < -0.3 is 20.1 Å². The monoisotopic (exact) mass is 461 g/mol. The maximum atomic E-state index is 12.6. The number of carbonyl (C=O) groups excluding carboxylic acids is 2. The maximum absolute atomic E-state index is 12.6. The summed E-state index contributed by atoms with van der Waals surface area (Å²) in [6.07, 6.45) is 0. The zero-order valence-electron chi connectivity index (χ0n) is 17.6. The number of aromatic hydroxyl groups is 1. The van der Waals surface area contributed by atoms with Gasteiger partial charge in [-0.05, 0) is 43.0 Å². The second kappa shape index (κ2) is 9.52. The van der Waals surface area contributed by atoms with E-state index in [4.69, 9.17) is 4.74 Å². The maximum Gasteiger partial charge on any atom is 0.348 e. The van der Waals surface area contributed by atoms with Crippen molar-refractivity contribution in [2.45, 2.75) is 32.9 Å². The average Bonchev–Trinajstić information content (AvgIpc) is 3.04. The number of fused-ring (bicyclic) bond motifs is 1. The number of aryl methyl sites for hydroxylation is 2. The first-order valence-electron chi connectivity index (χ1n) is 9.58. The molecule has 0 radical (unpaired) electrons. The zero-order valence-corrected chi connectivity index (χ0v) is 19.2. The van der Waals surface area contributed by atoms with Crippen molar-refractivity contribution >= 4 is 50.9 Å². The standard InChI is InChI=1S/C21H23N3O5S2/c1-10(2)8-29-20(28)17-12(4)16-18(27)23-21(24-19(16)31-17)30-9-15(26)22-13-7-11(3)5-6-14(13)25/h5-7,10,25H,8-9H2,1-4H3,(H,22,26)(H,23,24,27). The Hall–Kier alpha value is -2.85. The molecule has 2 aromatic heterocycles. The van der Waals surface area contributed by atoms with Crippen molar-refractivity contribution in [3.8, 4) is 5.75 Å². The van der Waals surface area contributed by atoms with Gasteiger partial charge in [0.15, 0.2) is 5.16 Å². The number of thiophene rings is 1. The fraction of sp³-hybridized carbons (Fsp3) is 0.333. The molecule has 3 N–H and O–H groups in total. The van der Waals surface area contributed by atoms with Gasteiger partial charge in [-0.2, -0.15) is 0 Å². The lowest BCUT2D eigenvalue weighted by Gasteiger charge is -2.08. The Bertz CT molecular complexity index is 1200. The van der Waals surface area contributed by atoms with Crippen molar-refractivity contribution in [3.05, 3.63) is 44.6 Å². The van der Waals surface area contributed by atoms with Gasteiger partial charge in [0, 0.05) is 0 Å². The Balaban J connectivity index is 1.74. The highest BCUT2D eigenvalue weighted by molar-refractivity contribution is 7.99. The molecule has 164 valence electrons. The molecule has 2 heterocycles. The molecular weight excluding hydrogens is 438 g/mol. The number of anilines is 1. The molecule has 3 rings (SSSR count). The molecule has 1 amide bonds. The van der Waals surface area contributed by atoms with Crippen LogP contribution in [-0.4, -0.2) is 39.3 Å². The molecule has 0 atom stereocenters. The number of carbonyl (C=O) groups is 2. The van der Waals surface area contributed by atoms with Crippen LogP contribution < -0.4 is 10.9 Å². The molecule has 0 fully saturated rings. The average molecular weight is 462 g/mol. The second-order valence-corrected chi connectivity index (χ2v) is 9.42. The molecule has 10 heteroatoms.